The van der Waals surface area contributed by atoms with E-state index in [2.05, 4.69) is 31.9 Å². The number of hydrogen-bond acceptors (Lipinski definition) is 1. The summed E-state index contributed by atoms with van der Waals surface area (Å²) in [5.41, 5.74) is 7.02. The standard InChI is InChI=1S/C13H8Br2Cl2FN/c14-8-3-1-2-6(10(8)16)13(19)7-4-5-9(15)11(17)12(7)18/h1-5,13H,19H2. The third-order valence-electron chi connectivity index (χ3n) is 2.72. The first kappa shape index (κ1) is 15.3. The van der Waals surface area contributed by atoms with E-state index in [1.54, 1.807) is 30.3 Å². The van der Waals surface area contributed by atoms with Crippen molar-refractivity contribution in [2.45, 2.75) is 6.04 Å². The van der Waals surface area contributed by atoms with E-state index in [9.17, 15) is 4.39 Å². The normalized spacial score (nSPS) is 12.5. The van der Waals surface area contributed by atoms with Crippen LogP contribution in [0.15, 0.2) is 39.3 Å². The van der Waals surface area contributed by atoms with Gasteiger partial charge in [-0.05, 0) is 49.6 Å². The van der Waals surface area contributed by atoms with Crippen LogP contribution in [0.25, 0.3) is 0 Å². The van der Waals surface area contributed by atoms with Gasteiger partial charge in [0.1, 0.15) is 5.82 Å². The molecule has 0 fully saturated rings. The summed E-state index contributed by atoms with van der Waals surface area (Å²) in [6.45, 7) is 0. The second kappa shape index (κ2) is 6.10. The second-order valence-electron chi connectivity index (χ2n) is 3.89. The molecule has 2 aromatic rings. The van der Waals surface area contributed by atoms with Crippen molar-refractivity contribution in [3.05, 3.63) is 66.3 Å². The maximum atomic E-state index is 14.1. The fraction of sp³-hybridized carbons (Fsp3) is 0.0769. The Morgan fingerprint density at radius 2 is 1.58 bits per heavy atom. The predicted octanol–water partition coefficient (Wildman–Crippen LogP) is 5.71. The highest BCUT2D eigenvalue weighted by Gasteiger charge is 2.20. The molecular formula is C13H8Br2Cl2FN. The van der Waals surface area contributed by atoms with E-state index in [0.29, 0.717) is 25.1 Å². The summed E-state index contributed by atoms with van der Waals surface area (Å²) in [4.78, 5) is 0. The van der Waals surface area contributed by atoms with Crippen molar-refractivity contribution in [1.29, 1.82) is 0 Å². The van der Waals surface area contributed by atoms with Gasteiger partial charge in [-0.1, -0.05) is 41.4 Å². The molecule has 0 aliphatic rings. The van der Waals surface area contributed by atoms with Crippen LogP contribution in [0, 0.1) is 5.82 Å². The highest BCUT2D eigenvalue weighted by atomic mass is 79.9. The van der Waals surface area contributed by atoms with E-state index in [1.165, 1.54) is 0 Å². The quantitative estimate of drug-likeness (QED) is 0.611. The summed E-state index contributed by atoms with van der Waals surface area (Å²) in [6.07, 6.45) is 0. The Morgan fingerprint density at radius 1 is 0.947 bits per heavy atom. The lowest BCUT2D eigenvalue weighted by Gasteiger charge is -2.16. The lowest BCUT2D eigenvalue weighted by molar-refractivity contribution is 0.599. The van der Waals surface area contributed by atoms with Gasteiger partial charge in [0.2, 0.25) is 0 Å². The number of hydrogen-bond donors (Lipinski definition) is 1. The summed E-state index contributed by atoms with van der Waals surface area (Å²) in [6, 6.07) is 7.91. The second-order valence-corrected chi connectivity index (χ2v) is 6.35. The predicted molar refractivity (Wildman–Crippen MR) is 84.3 cm³/mol. The Bertz CT molecular complexity index is 634. The largest absolute Gasteiger partial charge is 0.320 e. The van der Waals surface area contributed by atoms with Crippen LogP contribution in [0.3, 0.4) is 0 Å². The first-order valence-electron chi connectivity index (χ1n) is 5.26. The van der Waals surface area contributed by atoms with Gasteiger partial charge in [-0.2, -0.15) is 0 Å². The van der Waals surface area contributed by atoms with E-state index in [0.717, 1.165) is 0 Å². The molecule has 0 saturated carbocycles. The SMILES string of the molecule is NC(c1ccc(Br)c(Cl)c1F)c1cccc(Br)c1Cl. The molecule has 2 aromatic carbocycles. The van der Waals surface area contributed by atoms with Crippen molar-refractivity contribution >= 4 is 55.1 Å². The molecular weight excluding hydrogens is 420 g/mol. The maximum absolute atomic E-state index is 14.1. The zero-order valence-corrected chi connectivity index (χ0v) is 14.1. The molecule has 1 atom stereocenters. The minimum Gasteiger partial charge on any atom is -0.320 e. The van der Waals surface area contributed by atoms with E-state index in [1.807, 2.05) is 0 Å². The van der Waals surface area contributed by atoms with E-state index >= 15 is 0 Å². The van der Waals surface area contributed by atoms with Gasteiger partial charge in [0.05, 0.1) is 16.1 Å². The number of rotatable bonds is 2. The number of halogens is 5. The molecule has 2 N–H and O–H groups in total. The fourth-order valence-electron chi connectivity index (χ4n) is 1.71. The lowest BCUT2D eigenvalue weighted by atomic mass is 9.99. The van der Waals surface area contributed by atoms with Gasteiger partial charge >= 0.3 is 0 Å². The summed E-state index contributed by atoms with van der Waals surface area (Å²) >= 11 is 18.5. The molecule has 0 aliphatic carbocycles. The van der Waals surface area contributed by atoms with Crippen LogP contribution < -0.4 is 5.73 Å². The zero-order valence-electron chi connectivity index (χ0n) is 9.43. The molecule has 100 valence electrons. The molecule has 0 spiro atoms. The van der Waals surface area contributed by atoms with Crippen molar-refractivity contribution < 1.29 is 4.39 Å². The van der Waals surface area contributed by atoms with Gasteiger partial charge in [0.15, 0.2) is 0 Å². The Morgan fingerprint density at radius 3 is 2.26 bits per heavy atom. The van der Waals surface area contributed by atoms with Crippen LogP contribution in [-0.4, -0.2) is 0 Å². The Hall–Kier alpha value is -0.130. The van der Waals surface area contributed by atoms with Crippen molar-refractivity contribution in [3.63, 3.8) is 0 Å². The molecule has 2 rings (SSSR count). The van der Waals surface area contributed by atoms with Crippen molar-refractivity contribution in [1.82, 2.24) is 0 Å². The van der Waals surface area contributed by atoms with Crippen LogP contribution in [0.1, 0.15) is 17.2 Å². The van der Waals surface area contributed by atoms with Crippen molar-refractivity contribution in [3.8, 4) is 0 Å². The highest BCUT2D eigenvalue weighted by Crippen LogP contribution is 2.36. The van der Waals surface area contributed by atoms with Crippen LogP contribution in [0.4, 0.5) is 4.39 Å². The van der Waals surface area contributed by atoms with Crippen molar-refractivity contribution in [2.75, 3.05) is 0 Å². The molecule has 0 aromatic heterocycles. The Kier molecular flexibility index (Phi) is 4.90. The monoisotopic (exact) mass is 425 g/mol. The molecule has 1 nitrogen and oxygen atoms in total. The molecule has 0 aliphatic heterocycles. The molecule has 0 radical (unpaired) electrons. The summed E-state index contributed by atoms with van der Waals surface area (Å²) in [5.74, 6) is -0.542. The first-order valence-corrected chi connectivity index (χ1v) is 7.60. The van der Waals surface area contributed by atoms with E-state index in [-0.39, 0.29) is 5.02 Å². The molecule has 1 unspecified atom stereocenters. The van der Waals surface area contributed by atoms with Gasteiger partial charge in [0.25, 0.3) is 0 Å². The van der Waals surface area contributed by atoms with Gasteiger partial charge < -0.3 is 5.73 Å². The molecule has 0 heterocycles. The Balaban J connectivity index is 2.53. The molecule has 19 heavy (non-hydrogen) atoms. The Labute approximate surface area is 137 Å². The molecule has 0 bridgehead atoms. The molecule has 0 amide bonds. The smallest absolute Gasteiger partial charge is 0.148 e. The van der Waals surface area contributed by atoms with Crippen molar-refractivity contribution in [2.24, 2.45) is 5.73 Å². The first-order chi connectivity index (χ1) is 8.93. The van der Waals surface area contributed by atoms with Crippen LogP contribution in [0.2, 0.25) is 10.0 Å². The highest BCUT2D eigenvalue weighted by molar-refractivity contribution is 9.10. The molecule has 0 saturated heterocycles. The average Bonchev–Trinajstić information content (AvgIpc) is 2.39. The van der Waals surface area contributed by atoms with Crippen LogP contribution in [0.5, 0.6) is 0 Å². The van der Waals surface area contributed by atoms with Crippen LogP contribution in [-0.2, 0) is 0 Å². The van der Waals surface area contributed by atoms with Gasteiger partial charge in [-0.15, -0.1) is 0 Å². The van der Waals surface area contributed by atoms with Gasteiger partial charge in [-0.3, -0.25) is 0 Å². The third-order valence-corrected chi connectivity index (χ3v) is 5.29. The van der Waals surface area contributed by atoms with Gasteiger partial charge in [-0.25, -0.2) is 4.39 Å². The summed E-state index contributed by atoms with van der Waals surface area (Å²) in [7, 11) is 0. The molecule has 6 heteroatoms. The number of nitrogens with two attached hydrogens (primary N) is 1. The van der Waals surface area contributed by atoms with Crippen LogP contribution >= 0.6 is 55.1 Å². The number of benzene rings is 2. The van der Waals surface area contributed by atoms with E-state index < -0.39 is 11.9 Å². The fourth-order valence-corrected chi connectivity index (χ4v) is 2.81. The summed E-state index contributed by atoms with van der Waals surface area (Å²) in [5, 5.41) is 0.479. The average molecular weight is 428 g/mol. The zero-order chi connectivity index (χ0) is 14.2. The minimum atomic E-state index is -0.685. The topological polar surface area (TPSA) is 26.0 Å². The van der Waals surface area contributed by atoms with E-state index in [4.69, 9.17) is 28.9 Å². The summed E-state index contributed by atoms with van der Waals surface area (Å²) < 4.78 is 15.3. The van der Waals surface area contributed by atoms with Gasteiger partial charge in [0, 0.05) is 14.5 Å². The lowest BCUT2D eigenvalue weighted by Crippen LogP contribution is -2.14. The third kappa shape index (κ3) is 2.98. The maximum Gasteiger partial charge on any atom is 0.148 e. The minimum absolute atomic E-state index is 0.0130.